The Morgan fingerprint density at radius 2 is 2.08 bits per heavy atom. The molecule has 0 spiro atoms. The number of carbonyl (C=O) groups is 1. The fourth-order valence-electron chi connectivity index (χ4n) is 4.59. The lowest BCUT2D eigenvalue weighted by Crippen LogP contribution is -2.40. The molecule has 0 bridgehead atoms. The van der Waals surface area contributed by atoms with Crippen LogP contribution in [0.2, 0.25) is 5.02 Å². The molecule has 0 saturated carbocycles. The number of aromatic nitrogens is 1. The molecule has 3 aromatic rings. The number of thiazole rings is 1. The number of hydrogen-bond acceptors (Lipinski definition) is 7. The molecule has 10 heteroatoms. The zero-order chi connectivity index (χ0) is 25.8. The van der Waals surface area contributed by atoms with Crippen LogP contribution in [0.5, 0.6) is 0 Å². The van der Waals surface area contributed by atoms with Crippen LogP contribution in [-0.2, 0) is 9.68 Å². The van der Waals surface area contributed by atoms with Crippen LogP contribution in [0.25, 0.3) is 0 Å². The highest BCUT2D eigenvalue weighted by molar-refractivity contribution is 7.10. The predicted molar refractivity (Wildman–Crippen MR) is 147 cm³/mol. The first-order chi connectivity index (χ1) is 18.0. The van der Waals surface area contributed by atoms with Crippen molar-refractivity contribution in [2.45, 2.75) is 38.2 Å². The lowest BCUT2D eigenvalue weighted by molar-refractivity contribution is 0.0856. The van der Waals surface area contributed by atoms with Gasteiger partial charge in [-0.3, -0.25) is 0 Å². The van der Waals surface area contributed by atoms with Crippen molar-refractivity contribution < 1.29 is 14.5 Å². The Hall–Kier alpha value is -3.43. The van der Waals surface area contributed by atoms with E-state index in [9.17, 15) is 4.79 Å². The van der Waals surface area contributed by atoms with E-state index in [4.69, 9.17) is 26.3 Å². The fourth-order valence-corrected chi connectivity index (χ4v) is 5.76. The Kier molecular flexibility index (Phi) is 7.71. The zero-order valence-electron chi connectivity index (χ0n) is 20.7. The summed E-state index contributed by atoms with van der Waals surface area (Å²) in [6.45, 7) is 3.31. The topological polar surface area (TPSA) is 88.4 Å². The Morgan fingerprint density at radius 1 is 1.27 bits per heavy atom. The number of nitrogens with zero attached hydrogens (tertiary/aromatic N) is 4. The van der Waals surface area contributed by atoms with Crippen LogP contribution < -0.4 is 5.32 Å². The smallest absolute Gasteiger partial charge is 0.321 e. The summed E-state index contributed by atoms with van der Waals surface area (Å²) in [6, 6.07) is 13.3. The average Bonchev–Trinajstić information content (AvgIpc) is 3.60. The van der Waals surface area contributed by atoms with Crippen LogP contribution in [0.3, 0.4) is 0 Å². The van der Waals surface area contributed by atoms with Crippen molar-refractivity contribution in [1.82, 2.24) is 9.88 Å². The second kappa shape index (κ2) is 11.3. The highest BCUT2D eigenvalue weighted by Crippen LogP contribution is 2.34. The quantitative estimate of drug-likeness (QED) is 0.292. The minimum Gasteiger partial charge on any atom is -0.399 e. The van der Waals surface area contributed by atoms with Gasteiger partial charge in [0.1, 0.15) is 12.8 Å². The summed E-state index contributed by atoms with van der Waals surface area (Å²) in [5, 5.41) is 15.0. The Labute approximate surface area is 224 Å². The summed E-state index contributed by atoms with van der Waals surface area (Å²) in [7, 11) is 1.52. The number of piperidine rings is 1. The van der Waals surface area contributed by atoms with Crippen LogP contribution in [0.15, 0.2) is 58.2 Å². The second-order valence-electron chi connectivity index (χ2n) is 9.10. The zero-order valence-corrected chi connectivity index (χ0v) is 22.3. The minimum absolute atomic E-state index is 0.0945. The van der Waals surface area contributed by atoms with Gasteiger partial charge in [0, 0.05) is 52.6 Å². The molecule has 1 unspecified atom stereocenters. The summed E-state index contributed by atoms with van der Waals surface area (Å²) in [4.78, 5) is 30.2. The summed E-state index contributed by atoms with van der Waals surface area (Å²) < 4.78 is 0. The lowest BCUT2D eigenvalue weighted by atomic mass is 9.97. The molecule has 1 N–H and O–H groups in total. The molecule has 192 valence electrons. The Balaban J connectivity index is 1.17. The number of anilines is 1. The van der Waals surface area contributed by atoms with E-state index in [2.05, 4.69) is 21.0 Å². The number of rotatable bonds is 6. The van der Waals surface area contributed by atoms with Gasteiger partial charge in [-0.25, -0.2) is 9.78 Å². The van der Waals surface area contributed by atoms with E-state index in [1.165, 1.54) is 7.11 Å². The number of aryl methyl sites for hydroxylation is 1. The van der Waals surface area contributed by atoms with Gasteiger partial charge in [0.05, 0.1) is 16.9 Å². The summed E-state index contributed by atoms with van der Waals surface area (Å²) in [6.07, 6.45) is 3.87. The van der Waals surface area contributed by atoms with Crippen molar-refractivity contribution in [2.24, 2.45) is 10.3 Å². The van der Waals surface area contributed by atoms with Crippen molar-refractivity contribution in [1.29, 1.82) is 0 Å². The van der Waals surface area contributed by atoms with Gasteiger partial charge in [-0.1, -0.05) is 52.2 Å². The largest absolute Gasteiger partial charge is 0.399 e. The van der Waals surface area contributed by atoms with Crippen molar-refractivity contribution in [3.8, 4) is 0 Å². The number of halogens is 1. The maximum Gasteiger partial charge on any atom is 0.321 e. The van der Waals surface area contributed by atoms with Gasteiger partial charge >= 0.3 is 6.03 Å². The van der Waals surface area contributed by atoms with E-state index in [0.29, 0.717) is 30.5 Å². The molecule has 1 aromatic heterocycles. The molecule has 2 aliphatic heterocycles. The first-order valence-electron chi connectivity index (χ1n) is 12.2. The van der Waals surface area contributed by atoms with E-state index < -0.39 is 0 Å². The van der Waals surface area contributed by atoms with E-state index in [1.54, 1.807) is 23.6 Å². The molecule has 5 rings (SSSR count). The average molecular weight is 538 g/mol. The van der Waals surface area contributed by atoms with Crippen LogP contribution >= 0.6 is 22.9 Å². The number of amides is 2. The normalized spacial score (nSPS) is 18.1. The Morgan fingerprint density at radius 3 is 2.89 bits per heavy atom. The SMILES string of the molecule is CON=Cc1ccccc1C1CC(c2csc(C3CCN(C(=O)Nc4cc(Cl)ccc4C)CC3)n2)=NO1. The first-order valence-corrected chi connectivity index (χ1v) is 13.4. The number of nitrogens with one attached hydrogen (secondary N) is 1. The summed E-state index contributed by atoms with van der Waals surface area (Å²) in [5.74, 6) is 0.320. The van der Waals surface area contributed by atoms with Gasteiger partial charge in [0.25, 0.3) is 0 Å². The first kappa shape index (κ1) is 25.2. The molecule has 0 radical (unpaired) electrons. The molecule has 2 aliphatic rings. The maximum absolute atomic E-state index is 12.8. The van der Waals surface area contributed by atoms with E-state index in [1.807, 2.05) is 48.2 Å². The highest BCUT2D eigenvalue weighted by atomic mass is 35.5. The monoisotopic (exact) mass is 537 g/mol. The molecule has 1 saturated heterocycles. The van der Waals surface area contributed by atoms with Gasteiger partial charge in [0.2, 0.25) is 0 Å². The van der Waals surface area contributed by atoms with Gasteiger partial charge in [0.15, 0.2) is 6.10 Å². The number of carbonyl (C=O) groups excluding carboxylic acids is 1. The molecule has 1 atom stereocenters. The lowest BCUT2D eigenvalue weighted by Gasteiger charge is -2.31. The van der Waals surface area contributed by atoms with E-state index >= 15 is 0 Å². The molecule has 8 nitrogen and oxygen atoms in total. The second-order valence-corrected chi connectivity index (χ2v) is 10.4. The summed E-state index contributed by atoms with van der Waals surface area (Å²) in [5.41, 5.74) is 5.38. The predicted octanol–water partition coefficient (Wildman–Crippen LogP) is 6.36. The number of likely N-dealkylation sites (tertiary alicyclic amines) is 1. The molecule has 0 aliphatic carbocycles. The minimum atomic E-state index is -0.190. The third-order valence-corrected chi connectivity index (χ3v) is 7.94. The summed E-state index contributed by atoms with van der Waals surface area (Å²) >= 11 is 7.74. The molecule has 2 amide bonds. The van der Waals surface area contributed by atoms with Crippen LogP contribution in [0.1, 0.15) is 58.7 Å². The van der Waals surface area contributed by atoms with Gasteiger partial charge < -0.3 is 19.9 Å². The molecular formula is C27H28ClN5O3S. The number of hydrogen-bond donors (Lipinski definition) is 1. The number of benzene rings is 2. The third kappa shape index (κ3) is 5.78. The van der Waals surface area contributed by atoms with Gasteiger partial charge in [-0.05, 0) is 37.5 Å². The van der Waals surface area contributed by atoms with Crippen LogP contribution in [-0.4, -0.2) is 48.0 Å². The van der Waals surface area contributed by atoms with E-state index in [-0.39, 0.29) is 12.1 Å². The standard InChI is InChI=1S/C27H28ClN5O3S/c1-17-7-8-20(28)13-22(17)31-27(34)33-11-9-18(10-12-33)26-30-24(16-37-26)23-14-25(36-32-23)21-6-4-3-5-19(21)15-29-35-2/h3-8,13,15-16,18,25H,9-12,14H2,1-2H3,(H,31,34). The van der Waals surface area contributed by atoms with Crippen molar-refractivity contribution in [3.05, 3.63) is 80.3 Å². The van der Waals surface area contributed by atoms with Crippen molar-refractivity contribution >= 4 is 46.6 Å². The van der Waals surface area contributed by atoms with Crippen LogP contribution in [0, 0.1) is 6.92 Å². The van der Waals surface area contributed by atoms with Crippen molar-refractivity contribution in [2.75, 3.05) is 25.5 Å². The third-order valence-electron chi connectivity index (χ3n) is 6.70. The van der Waals surface area contributed by atoms with Crippen molar-refractivity contribution in [3.63, 3.8) is 0 Å². The number of urea groups is 1. The molecule has 3 heterocycles. The molecular weight excluding hydrogens is 510 g/mol. The molecule has 2 aromatic carbocycles. The number of oxime groups is 2. The van der Waals surface area contributed by atoms with Gasteiger partial charge in [-0.2, -0.15) is 0 Å². The fraction of sp³-hybridized carbons (Fsp3) is 0.333. The highest BCUT2D eigenvalue weighted by Gasteiger charge is 2.29. The Bertz CT molecular complexity index is 1330. The van der Waals surface area contributed by atoms with Crippen LogP contribution in [0.4, 0.5) is 10.5 Å². The maximum atomic E-state index is 12.8. The van der Waals surface area contributed by atoms with Gasteiger partial charge in [-0.15, -0.1) is 11.3 Å². The molecule has 37 heavy (non-hydrogen) atoms. The van der Waals surface area contributed by atoms with E-state index in [0.717, 1.165) is 51.6 Å². The molecule has 1 fully saturated rings.